The maximum Gasteiger partial charge on any atom is 0.252 e. The molecule has 1 unspecified atom stereocenters. The fourth-order valence-corrected chi connectivity index (χ4v) is 1.44. The molecule has 0 spiro atoms. The Morgan fingerprint density at radius 2 is 2.20 bits per heavy atom. The highest BCUT2D eigenvalue weighted by molar-refractivity contribution is 5.85. The van der Waals surface area contributed by atoms with Crippen LogP contribution in [0.25, 0.3) is 0 Å². The first-order valence-corrected chi connectivity index (χ1v) is 5.17. The summed E-state index contributed by atoms with van der Waals surface area (Å²) < 4.78 is 4.99. The molecule has 1 rings (SSSR count). The largest absolute Gasteiger partial charge is 0.370 e. The highest BCUT2D eigenvalue weighted by atomic mass is 35.5. The fourth-order valence-electron chi connectivity index (χ4n) is 1.44. The first kappa shape index (κ1) is 14.7. The third-order valence-electron chi connectivity index (χ3n) is 2.72. The number of hydrogen-bond acceptors (Lipinski definition) is 3. The lowest BCUT2D eigenvalue weighted by Gasteiger charge is -2.21. The molecule has 0 bridgehead atoms. The summed E-state index contributed by atoms with van der Waals surface area (Å²) in [6.07, 6.45) is 3.29. The molecule has 1 fully saturated rings. The molecular weight excluding hydrogens is 216 g/mol. The van der Waals surface area contributed by atoms with Crippen molar-refractivity contribution in [3.8, 4) is 0 Å². The zero-order valence-electron chi connectivity index (χ0n) is 9.44. The van der Waals surface area contributed by atoms with E-state index in [9.17, 15) is 4.79 Å². The van der Waals surface area contributed by atoms with Crippen molar-refractivity contribution in [3.05, 3.63) is 0 Å². The van der Waals surface area contributed by atoms with E-state index in [0.29, 0.717) is 0 Å². The Kier molecular flexibility index (Phi) is 6.89. The van der Waals surface area contributed by atoms with Crippen LogP contribution in [0.15, 0.2) is 0 Å². The van der Waals surface area contributed by atoms with E-state index in [4.69, 9.17) is 10.5 Å². The Hall–Kier alpha value is -0.320. The molecule has 2 N–H and O–H groups in total. The average Bonchev–Trinajstić information content (AvgIpc) is 2.99. The van der Waals surface area contributed by atoms with Crippen LogP contribution in [0.5, 0.6) is 0 Å². The molecule has 0 saturated heterocycles. The van der Waals surface area contributed by atoms with Crippen molar-refractivity contribution < 1.29 is 9.53 Å². The van der Waals surface area contributed by atoms with Crippen molar-refractivity contribution in [2.75, 3.05) is 27.2 Å². The zero-order chi connectivity index (χ0) is 10.6. The molecule has 0 aromatic carbocycles. The Bertz CT molecular complexity index is 194. The second-order valence-corrected chi connectivity index (χ2v) is 3.95. The smallest absolute Gasteiger partial charge is 0.252 e. The first-order chi connectivity index (χ1) is 6.69. The number of carbonyl (C=O) groups excluding carboxylic acids is 1. The number of halogens is 1. The second-order valence-electron chi connectivity index (χ2n) is 3.95. The van der Waals surface area contributed by atoms with Gasteiger partial charge >= 0.3 is 0 Å². The van der Waals surface area contributed by atoms with Crippen LogP contribution in [-0.2, 0) is 9.53 Å². The number of carbonyl (C=O) groups is 1. The molecule has 90 valence electrons. The minimum atomic E-state index is -0.473. The van der Waals surface area contributed by atoms with Crippen LogP contribution in [0, 0.1) is 5.92 Å². The second kappa shape index (κ2) is 7.04. The minimum absolute atomic E-state index is 0. The first-order valence-electron chi connectivity index (χ1n) is 5.17. The molecule has 0 aromatic rings. The Morgan fingerprint density at radius 3 is 2.60 bits per heavy atom. The number of hydrogen-bond donors (Lipinski definition) is 1. The number of methoxy groups -OCH3 is 1. The molecule has 1 saturated carbocycles. The number of likely N-dealkylation sites (N-methyl/N-ethyl adjacent to an activating group) is 1. The molecule has 1 amide bonds. The lowest BCUT2D eigenvalue weighted by molar-refractivity contribution is -0.140. The summed E-state index contributed by atoms with van der Waals surface area (Å²) in [5.41, 5.74) is 5.42. The quantitative estimate of drug-likeness (QED) is 0.737. The molecule has 0 heterocycles. The van der Waals surface area contributed by atoms with Gasteiger partial charge in [0.25, 0.3) is 5.91 Å². The third kappa shape index (κ3) is 4.82. The van der Waals surface area contributed by atoms with Crippen LogP contribution >= 0.6 is 12.4 Å². The molecule has 1 aliphatic rings. The summed E-state index contributed by atoms with van der Waals surface area (Å²) in [6.45, 7) is 1.08. The highest BCUT2D eigenvalue weighted by Crippen LogP contribution is 2.32. The number of rotatable bonds is 6. The van der Waals surface area contributed by atoms with Crippen molar-refractivity contribution in [1.82, 2.24) is 4.90 Å². The van der Waals surface area contributed by atoms with Gasteiger partial charge in [0.15, 0.2) is 0 Å². The van der Waals surface area contributed by atoms with Crippen LogP contribution in [0.4, 0.5) is 0 Å². The molecule has 4 nitrogen and oxygen atoms in total. The minimum Gasteiger partial charge on any atom is -0.370 e. The van der Waals surface area contributed by atoms with Gasteiger partial charge in [0.05, 0.1) is 0 Å². The van der Waals surface area contributed by atoms with Gasteiger partial charge in [-0.05, 0) is 12.3 Å². The Labute approximate surface area is 97.5 Å². The number of amides is 1. The summed E-state index contributed by atoms with van der Waals surface area (Å²) in [7, 11) is 3.33. The van der Waals surface area contributed by atoms with Crippen molar-refractivity contribution in [2.24, 2.45) is 11.7 Å². The summed E-state index contributed by atoms with van der Waals surface area (Å²) in [6, 6.07) is 0. The predicted molar refractivity (Wildman–Crippen MR) is 62.1 cm³/mol. The predicted octanol–water partition coefficient (Wildman–Crippen LogP) is 0.640. The molecule has 5 heteroatoms. The molecule has 1 atom stereocenters. The Balaban J connectivity index is 0.00000196. The molecule has 0 aliphatic heterocycles. The Morgan fingerprint density at radius 1 is 1.60 bits per heavy atom. The number of nitrogens with two attached hydrogens (primary N) is 1. The number of ether oxygens (including phenoxy) is 1. The van der Waals surface area contributed by atoms with Crippen molar-refractivity contribution in [2.45, 2.75) is 25.4 Å². The maximum absolute atomic E-state index is 11.7. The van der Waals surface area contributed by atoms with Crippen LogP contribution in [0.3, 0.4) is 0 Å². The molecule has 0 radical (unpaired) electrons. The average molecular weight is 237 g/mol. The maximum atomic E-state index is 11.7. The topological polar surface area (TPSA) is 55.6 Å². The summed E-state index contributed by atoms with van der Waals surface area (Å²) in [5, 5.41) is 0. The standard InChI is InChI=1S/C10H20N2O2.ClH/c1-12(6-5-8-3-4-8)10(13)9(7-11)14-2;/h8-9H,3-7,11H2,1-2H3;1H. The summed E-state index contributed by atoms with van der Waals surface area (Å²) in [4.78, 5) is 13.4. The highest BCUT2D eigenvalue weighted by Gasteiger charge is 2.24. The lowest BCUT2D eigenvalue weighted by atomic mass is 10.2. The van der Waals surface area contributed by atoms with Crippen LogP contribution in [0.2, 0.25) is 0 Å². The van der Waals surface area contributed by atoms with Gasteiger partial charge in [-0.1, -0.05) is 12.8 Å². The molecule has 1 aliphatic carbocycles. The van der Waals surface area contributed by atoms with E-state index < -0.39 is 6.10 Å². The van der Waals surface area contributed by atoms with Crippen molar-refractivity contribution in [3.63, 3.8) is 0 Å². The van der Waals surface area contributed by atoms with Gasteiger partial charge in [-0.2, -0.15) is 0 Å². The van der Waals surface area contributed by atoms with Crippen molar-refractivity contribution >= 4 is 18.3 Å². The van der Waals surface area contributed by atoms with Gasteiger partial charge in [-0.25, -0.2) is 0 Å². The van der Waals surface area contributed by atoms with E-state index >= 15 is 0 Å². The van der Waals surface area contributed by atoms with Gasteiger partial charge in [-0.3, -0.25) is 4.79 Å². The van der Waals surface area contributed by atoms with Crippen LogP contribution in [-0.4, -0.2) is 44.2 Å². The molecular formula is C10H21ClN2O2. The normalized spacial score (nSPS) is 16.7. The van der Waals surface area contributed by atoms with Gasteiger partial charge in [0, 0.05) is 27.2 Å². The molecule has 0 aromatic heterocycles. The van der Waals surface area contributed by atoms with Crippen LogP contribution in [0.1, 0.15) is 19.3 Å². The van der Waals surface area contributed by atoms with Gasteiger partial charge < -0.3 is 15.4 Å². The van der Waals surface area contributed by atoms with E-state index in [2.05, 4.69) is 0 Å². The van der Waals surface area contributed by atoms with E-state index in [1.54, 1.807) is 4.90 Å². The van der Waals surface area contributed by atoms with Gasteiger partial charge in [0.1, 0.15) is 6.10 Å². The van der Waals surface area contributed by atoms with E-state index in [1.807, 2.05) is 7.05 Å². The molecule has 15 heavy (non-hydrogen) atoms. The third-order valence-corrected chi connectivity index (χ3v) is 2.72. The SMILES string of the molecule is COC(CN)C(=O)N(C)CCC1CC1.Cl. The van der Waals surface area contributed by atoms with E-state index in [1.165, 1.54) is 20.0 Å². The monoisotopic (exact) mass is 236 g/mol. The van der Waals surface area contributed by atoms with Gasteiger partial charge in [0.2, 0.25) is 0 Å². The van der Waals surface area contributed by atoms with E-state index in [0.717, 1.165) is 18.9 Å². The summed E-state index contributed by atoms with van der Waals surface area (Å²) in [5.74, 6) is 0.847. The zero-order valence-corrected chi connectivity index (χ0v) is 10.3. The lowest BCUT2D eigenvalue weighted by Crippen LogP contribution is -2.42. The number of nitrogens with zero attached hydrogens (tertiary/aromatic N) is 1. The van der Waals surface area contributed by atoms with Crippen molar-refractivity contribution in [1.29, 1.82) is 0 Å². The fraction of sp³-hybridized carbons (Fsp3) is 0.900. The van der Waals surface area contributed by atoms with E-state index in [-0.39, 0.29) is 24.9 Å². The van der Waals surface area contributed by atoms with Gasteiger partial charge in [-0.15, -0.1) is 12.4 Å². The summed E-state index contributed by atoms with van der Waals surface area (Å²) >= 11 is 0. The van der Waals surface area contributed by atoms with Crippen LogP contribution < -0.4 is 5.73 Å².